The van der Waals surface area contributed by atoms with Gasteiger partial charge in [-0.1, -0.05) is 11.3 Å². The molecule has 1 aliphatic heterocycles. The average molecular weight is 296 g/mol. The van der Waals surface area contributed by atoms with E-state index in [-0.39, 0.29) is 24.0 Å². The Morgan fingerprint density at radius 1 is 1.40 bits per heavy atom. The molecule has 0 radical (unpaired) electrons. The molecule has 1 fully saturated rings. The van der Waals surface area contributed by atoms with E-state index in [2.05, 4.69) is 24.1 Å². The van der Waals surface area contributed by atoms with E-state index in [0.717, 1.165) is 18.0 Å². The van der Waals surface area contributed by atoms with Gasteiger partial charge in [-0.25, -0.2) is 4.98 Å². The summed E-state index contributed by atoms with van der Waals surface area (Å²) in [5.41, 5.74) is 5.93. The monoisotopic (exact) mass is 296 g/mol. The van der Waals surface area contributed by atoms with E-state index in [4.69, 9.17) is 5.73 Å². The van der Waals surface area contributed by atoms with E-state index in [9.17, 15) is 4.79 Å². The summed E-state index contributed by atoms with van der Waals surface area (Å²) in [6, 6.07) is 0.819. The summed E-state index contributed by atoms with van der Waals surface area (Å²) < 4.78 is 0. The molecule has 0 aromatic carbocycles. The molecule has 6 heteroatoms. The first-order valence-corrected chi connectivity index (χ1v) is 8.07. The molecule has 3 N–H and O–H groups in total. The molecular weight excluding hydrogens is 272 g/mol. The van der Waals surface area contributed by atoms with Gasteiger partial charge in [0.2, 0.25) is 0 Å². The zero-order valence-corrected chi connectivity index (χ0v) is 13.5. The molecular formula is C14H24N4OS. The van der Waals surface area contributed by atoms with Gasteiger partial charge in [0.05, 0.1) is 0 Å². The molecule has 0 saturated carbocycles. The normalized spacial score (nSPS) is 23.1. The van der Waals surface area contributed by atoms with Gasteiger partial charge in [0.25, 0.3) is 5.91 Å². The van der Waals surface area contributed by atoms with E-state index in [1.807, 2.05) is 18.7 Å². The number of piperidine rings is 1. The Balaban J connectivity index is 2.21. The SMILES string of the molecule is CC(C)Nc1nc(N)c(C(=O)N2C(C)CCCC2C)s1. The molecule has 20 heavy (non-hydrogen) atoms. The second-order valence-electron chi connectivity index (χ2n) is 5.87. The largest absolute Gasteiger partial charge is 0.382 e. The van der Waals surface area contributed by atoms with Gasteiger partial charge in [0, 0.05) is 18.1 Å². The van der Waals surface area contributed by atoms with Gasteiger partial charge in [-0.2, -0.15) is 0 Å². The molecule has 1 aromatic rings. The molecule has 2 heterocycles. The first-order chi connectivity index (χ1) is 9.40. The van der Waals surface area contributed by atoms with Gasteiger partial charge < -0.3 is 16.0 Å². The molecule has 112 valence electrons. The molecule has 0 spiro atoms. The quantitative estimate of drug-likeness (QED) is 0.899. The summed E-state index contributed by atoms with van der Waals surface area (Å²) in [6.45, 7) is 8.29. The number of aromatic nitrogens is 1. The lowest BCUT2D eigenvalue weighted by Gasteiger charge is -2.38. The van der Waals surface area contributed by atoms with Crippen LogP contribution in [0.2, 0.25) is 0 Å². The van der Waals surface area contributed by atoms with Crippen molar-refractivity contribution in [3.63, 3.8) is 0 Å². The Bertz CT molecular complexity index is 476. The second-order valence-corrected chi connectivity index (χ2v) is 6.87. The van der Waals surface area contributed by atoms with Crippen LogP contribution in [0.4, 0.5) is 10.9 Å². The van der Waals surface area contributed by atoms with Gasteiger partial charge in [0.1, 0.15) is 10.7 Å². The number of nitrogens with zero attached hydrogens (tertiary/aromatic N) is 2. The van der Waals surface area contributed by atoms with Crippen LogP contribution in [0.25, 0.3) is 0 Å². The molecule has 0 aliphatic carbocycles. The fourth-order valence-electron chi connectivity index (χ4n) is 2.73. The number of rotatable bonds is 3. The van der Waals surface area contributed by atoms with Gasteiger partial charge in [-0.05, 0) is 47.0 Å². The highest BCUT2D eigenvalue weighted by Gasteiger charge is 2.32. The van der Waals surface area contributed by atoms with Crippen molar-refractivity contribution in [1.29, 1.82) is 0 Å². The highest BCUT2D eigenvalue weighted by molar-refractivity contribution is 7.18. The van der Waals surface area contributed by atoms with Crippen molar-refractivity contribution in [3.05, 3.63) is 4.88 Å². The number of hydrogen-bond acceptors (Lipinski definition) is 5. The number of carbonyl (C=O) groups is 1. The second kappa shape index (κ2) is 5.99. The highest BCUT2D eigenvalue weighted by atomic mass is 32.1. The Labute approximate surface area is 124 Å². The molecule has 2 rings (SSSR count). The Morgan fingerprint density at radius 3 is 2.55 bits per heavy atom. The summed E-state index contributed by atoms with van der Waals surface area (Å²) in [4.78, 5) is 19.5. The molecule has 1 amide bonds. The summed E-state index contributed by atoms with van der Waals surface area (Å²) in [7, 11) is 0. The summed E-state index contributed by atoms with van der Waals surface area (Å²) >= 11 is 1.36. The van der Waals surface area contributed by atoms with E-state index in [1.54, 1.807) is 0 Å². The molecule has 1 aromatic heterocycles. The lowest BCUT2D eigenvalue weighted by Crippen LogP contribution is -2.47. The van der Waals surface area contributed by atoms with Gasteiger partial charge in [0.15, 0.2) is 5.13 Å². The van der Waals surface area contributed by atoms with E-state index >= 15 is 0 Å². The number of likely N-dealkylation sites (tertiary alicyclic amines) is 1. The van der Waals surface area contributed by atoms with Gasteiger partial charge in [-0.3, -0.25) is 4.79 Å². The van der Waals surface area contributed by atoms with Crippen LogP contribution in [0.5, 0.6) is 0 Å². The minimum atomic E-state index is 0.0245. The van der Waals surface area contributed by atoms with Crippen molar-refractivity contribution in [3.8, 4) is 0 Å². The van der Waals surface area contributed by atoms with Crippen molar-refractivity contribution in [2.24, 2.45) is 0 Å². The zero-order valence-electron chi connectivity index (χ0n) is 12.6. The van der Waals surface area contributed by atoms with Crippen LogP contribution in [0.1, 0.15) is 56.6 Å². The summed E-state index contributed by atoms with van der Waals surface area (Å²) in [5.74, 6) is 0.365. The van der Waals surface area contributed by atoms with Gasteiger partial charge >= 0.3 is 0 Å². The number of nitrogen functional groups attached to an aromatic ring is 1. The standard InChI is InChI=1S/C14H24N4OS/c1-8(2)16-14-17-12(15)11(20-14)13(19)18-9(3)6-5-7-10(18)4/h8-10H,5-7,15H2,1-4H3,(H,16,17). The zero-order chi connectivity index (χ0) is 14.9. The average Bonchev–Trinajstić information content (AvgIpc) is 2.68. The lowest BCUT2D eigenvalue weighted by molar-refractivity contribution is 0.0516. The third-order valence-corrected chi connectivity index (χ3v) is 4.68. The number of nitrogens with two attached hydrogens (primary N) is 1. The number of carbonyl (C=O) groups excluding carboxylic acids is 1. The van der Waals surface area contributed by atoms with Crippen LogP contribution in [0.3, 0.4) is 0 Å². The molecule has 5 nitrogen and oxygen atoms in total. The van der Waals surface area contributed by atoms with E-state index in [0.29, 0.717) is 10.7 Å². The van der Waals surface area contributed by atoms with E-state index in [1.165, 1.54) is 17.8 Å². The fourth-order valence-corrected chi connectivity index (χ4v) is 3.71. The molecule has 1 saturated heterocycles. The number of amides is 1. The maximum absolute atomic E-state index is 12.7. The first-order valence-electron chi connectivity index (χ1n) is 7.25. The van der Waals surface area contributed by atoms with Crippen LogP contribution in [0, 0.1) is 0 Å². The number of thiazole rings is 1. The van der Waals surface area contributed by atoms with E-state index < -0.39 is 0 Å². The van der Waals surface area contributed by atoms with Crippen molar-refractivity contribution < 1.29 is 4.79 Å². The van der Waals surface area contributed by atoms with Crippen LogP contribution in [0.15, 0.2) is 0 Å². The first kappa shape index (κ1) is 15.1. The van der Waals surface area contributed by atoms with Crippen LogP contribution >= 0.6 is 11.3 Å². The molecule has 2 unspecified atom stereocenters. The topological polar surface area (TPSA) is 71.2 Å². The fraction of sp³-hybridized carbons (Fsp3) is 0.714. The third kappa shape index (κ3) is 3.06. The Kier molecular flexibility index (Phi) is 4.52. The lowest BCUT2D eigenvalue weighted by atomic mass is 9.97. The predicted octanol–water partition coefficient (Wildman–Crippen LogP) is 2.95. The van der Waals surface area contributed by atoms with Crippen LogP contribution in [-0.2, 0) is 0 Å². The van der Waals surface area contributed by atoms with Crippen molar-refractivity contribution >= 4 is 28.2 Å². The van der Waals surface area contributed by atoms with Crippen LogP contribution < -0.4 is 11.1 Å². The third-order valence-electron chi connectivity index (χ3n) is 3.69. The Hall–Kier alpha value is -1.30. The number of hydrogen-bond donors (Lipinski definition) is 2. The molecule has 0 bridgehead atoms. The smallest absolute Gasteiger partial charge is 0.268 e. The van der Waals surface area contributed by atoms with Crippen LogP contribution in [-0.4, -0.2) is 33.9 Å². The number of anilines is 2. The van der Waals surface area contributed by atoms with Crippen molar-refractivity contribution in [2.45, 2.75) is 65.1 Å². The summed E-state index contributed by atoms with van der Waals surface area (Å²) in [5, 5.41) is 3.92. The minimum Gasteiger partial charge on any atom is -0.382 e. The maximum atomic E-state index is 12.7. The predicted molar refractivity (Wildman–Crippen MR) is 84.2 cm³/mol. The summed E-state index contributed by atoms with van der Waals surface area (Å²) in [6.07, 6.45) is 3.31. The molecule has 1 aliphatic rings. The van der Waals surface area contributed by atoms with Crippen molar-refractivity contribution in [2.75, 3.05) is 11.1 Å². The maximum Gasteiger partial charge on any atom is 0.268 e. The Morgan fingerprint density at radius 2 is 2.00 bits per heavy atom. The minimum absolute atomic E-state index is 0.0245. The number of nitrogens with one attached hydrogen (secondary N) is 1. The van der Waals surface area contributed by atoms with Crippen molar-refractivity contribution in [1.82, 2.24) is 9.88 Å². The van der Waals surface area contributed by atoms with Gasteiger partial charge in [-0.15, -0.1) is 0 Å². The highest BCUT2D eigenvalue weighted by Crippen LogP contribution is 2.31. The molecule has 2 atom stereocenters.